The minimum Gasteiger partial charge on any atom is -0.355 e. The topological polar surface area (TPSA) is 73.2 Å². The number of nitriles is 1. The van der Waals surface area contributed by atoms with E-state index in [1.165, 1.54) is 0 Å². The van der Waals surface area contributed by atoms with E-state index in [0.717, 1.165) is 24.0 Å². The summed E-state index contributed by atoms with van der Waals surface area (Å²) in [4.78, 5) is 26.8. The molecule has 2 aromatic rings. The van der Waals surface area contributed by atoms with E-state index in [4.69, 9.17) is 5.26 Å². The van der Waals surface area contributed by atoms with Crippen LogP contribution in [0.1, 0.15) is 36.3 Å². The highest BCUT2D eigenvalue weighted by Crippen LogP contribution is 2.29. The number of nitrogens with zero attached hydrogens (tertiary/aromatic N) is 2. The molecule has 3 rings (SSSR count). The molecule has 1 saturated heterocycles. The zero-order valence-corrected chi connectivity index (χ0v) is 15.9. The number of hydrogen-bond acceptors (Lipinski definition) is 3. The van der Waals surface area contributed by atoms with Gasteiger partial charge in [0.2, 0.25) is 11.8 Å². The molecule has 0 saturated carbocycles. The Hall–Kier alpha value is -3.13. The molecule has 2 aromatic carbocycles. The molecular weight excluding hydrogens is 350 g/mol. The third kappa shape index (κ3) is 4.98. The molecule has 1 aliphatic heterocycles. The van der Waals surface area contributed by atoms with Crippen molar-refractivity contribution < 1.29 is 9.59 Å². The number of likely N-dealkylation sites (tertiary alicyclic amines) is 1. The van der Waals surface area contributed by atoms with E-state index < -0.39 is 0 Å². The second kappa shape index (κ2) is 9.70. The Kier molecular flexibility index (Phi) is 6.80. The van der Waals surface area contributed by atoms with Gasteiger partial charge in [-0.25, -0.2) is 0 Å². The normalized spacial score (nSPS) is 14.5. The molecule has 1 heterocycles. The van der Waals surface area contributed by atoms with Gasteiger partial charge in [-0.15, -0.1) is 0 Å². The average Bonchev–Trinajstić information content (AvgIpc) is 2.74. The van der Waals surface area contributed by atoms with Crippen LogP contribution in [0.3, 0.4) is 0 Å². The van der Waals surface area contributed by atoms with Gasteiger partial charge in [0.25, 0.3) is 0 Å². The highest BCUT2D eigenvalue weighted by molar-refractivity contribution is 5.87. The van der Waals surface area contributed by atoms with Gasteiger partial charge < -0.3 is 10.2 Å². The highest BCUT2D eigenvalue weighted by atomic mass is 16.2. The number of piperidine rings is 1. The quantitative estimate of drug-likeness (QED) is 0.843. The maximum Gasteiger partial charge on any atom is 0.234 e. The van der Waals surface area contributed by atoms with Gasteiger partial charge in [0.05, 0.1) is 12.0 Å². The zero-order valence-electron chi connectivity index (χ0n) is 15.9. The van der Waals surface area contributed by atoms with Crippen molar-refractivity contribution in [1.29, 1.82) is 5.26 Å². The summed E-state index contributed by atoms with van der Waals surface area (Å²) in [6.45, 7) is 1.95. The van der Waals surface area contributed by atoms with Crippen molar-refractivity contribution in [3.05, 3.63) is 71.8 Å². The molecular formula is C23H25N3O2. The molecule has 0 atom stereocenters. The minimum atomic E-state index is -0.297. The van der Waals surface area contributed by atoms with Gasteiger partial charge in [-0.3, -0.25) is 9.59 Å². The summed E-state index contributed by atoms with van der Waals surface area (Å²) >= 11 is 0. The minimum absolute atomic E-state index is 0.104. The largest absolute Gasteiger partial charge is 0.355 e. The Morgan fingerprint density at radius 2 is 1.54 bits per heavy atom. The summed E-state index contributed by atoms with van der Waals surface area (Å²) in [5.74, 6) is -0.0496. The van der Waals surface area contributed by atoms with E-state index in [2.05, 4.69) is 5.32 Å². The smallest absolute Gasteiger partial charge is 0.234 e. The van der Waals surface area contributed by atoms with Gasteiger partial charge in [-0.1, -0.05) is 60.7 Å². The van der Waals surface area contributed by atoms with Crippen LogP contribution in [-0.2, 0) is 9.59 Å². The second-order valence-electron chi connectivity index (χ2n) is 7.16. The number of carbonyl (C=O) groups is 2. The van der Waals surface area contributed by atoms with Crippen LogP contribution in [0.2, 0.25) is 0 Å². The lowest BCUT2D eigenvalue weighted by Crippen LogP contribution is -2.43. The first kappa shape index (κ1) is 19.6. The van der Waals surface area contributed by atoms with Crippen LogP contribution < -0.4 is 5.32 Å². The van der Waals surface area contributed by atoms with Crippen molar-refractivity contribution in [3.8, 4) is 6.07 Å². The molecule has 2 amide bonds. The molecule has 1 fully saturated rings. The molecule has 1 N–H and O–H groups in total. The zero-order chi connectivity index (χ0) is 19.8. The first-order valence-corrected chi connectivity index (χ1v) is 9.71. The summed E-state index contributed by atoms with van der Waals surface area (Å²) < 4.78 is 0. The summed E-state index contributed by atoms with van der Waals surface area (Å²) in [5, 5.41) is 11.4. The van der Waals surface area contributed by atoms with Crippen molar-refractivity contribution in [2.45, 2.75) is 25.2 Å². The number of rotatable bonds is 6. The predicted molar refractivity (Wildman–Crippen MR) is 107 cm³/mol. The number of hydrogen-bond donors (Lipinski definition) is 1. The van der Waals surface area contributed by atoms with Gasteiger partial charge in [0, 0.05) is 19.6 Å². The van der Waals surface area contributed by atoms with Crippen molar-refractivity contribution in [2.24, 2.45) is 5.92 Å². The van der Waals surface area contributed by atoms with E-state index in [0.29, 0.717) is 25.6 Å². The Balaban J connectivity index is 1.65. The highest BCUT2D eigenvalue weighted by Gasteiger charge is 2.30. The van der Waals surface area contributed by atoms with Crippen molar-refractivity contribution in [1.82, 2.24) is 10.2 Å². The monoisotopic (exact) mass is 375 g/mol. The fraction of sp³-hybridized carbons (Fsp3) is 0.348. The number of amides is 2. The maximum atomic E-state index is 13.4. The Morgan fingerprint density at radius 1 is 1.00 bits per heavy atom. The third-order valence-corrected chi connectivity index (χ3v) is 5.27. The molecule has 0 unspecified atom stereocenters. The molecule has 0 spiro atoms. The van der Waals surface area contributed by atoms with Crippen LogP contribution in [0.15, 0.2) is 60.7 Å². The van der Waals surface area contributed by atoms with E-state index in [1.807, 2.05) is 71.6 Å². The summed E-state index contributed by atoms with van der Waals surface area (Å²) in [6.07, 6.45) is 1.61. The lowest BCUT2D eigenvalue weighted by atomic mass is 9.88. The van der Waals surface area contributed by atoms with Gasteiger partial charge in [0.15, 0.2) is 0 Å². The second-order valence-corrected chi connectivity index (χ2v) is 7.16. The molecule has 144 valence electrons. The summed E-state index contributed by atoms with van der Waals surface area (Å²) in [5.41, 5.74) is 2.01. The molecule has 28 heavy (non-hydrogen) atoms. The number of nitrogens with one attached hydrogen (secondary N) is 1. The third-order valence-electron chi connectivity index (χ3n) is 5.27. The molecule has 5 heteroatoms. The first-order chi connectivity index (χ1) is 13.7. The van der Waals surface area contributed by atoms with Crippen LogP contribution in [-0.4, -0.2) is 36.3 Å². The van der Waals surface area contributed by atoms with E-state index in [1.54, 1.807) is 0 Å². The van der Waals surface area contributed by atoms with E-state index >= 15 is 0 Å². The number of benzene rings is 2. The molecule has 0 aromatic heterocycles. The Labute approximate surface area is 166 Å². The van der Waals surface area contributed by atoms with Crippen molar-refractivity contribution in [2.75, 3.05) is 19.6 Å². The van der Waals surface area contributed by atoms with Crippen molar-refractivity contribution >= 4 is 11.8 Å². The Bertz CT molecular complexity index is 782. The van der Waals surface area contributed by atoms with Gasteiger partial charge in [-0.2, -0.15) is 5.26 Å². The molecule has 0 bridgehead atoms. The molecule has 0 aliphatic carbocycles. The summed E-state index contributed by atoms with van der Waals surface area (Å²) in [6, 6.07) is 21.7. The predicted octanol–water partition coefficient (Wildman–Crippen LogP) is 3.09. The Morgan fingerprint density at radius 3 is 2.04 bits per heavy atom. The van der Waals surface area contributed by atoms with Crippen LogP contribution in [0.4, 0.5) is 0 Å². The summed E-state index contributed by atoms with van der Waals surface area (Å²) in [7, 11) is 0. The van der Waals surface area contributed by atoms with Crippen LogP contribution in [0, 0.1) is 17.2 Å². The van der Waals surface area contributed by atoms with Crippen molar-refractivity contribution in [3.63, 3.8) is 0 Å². The van der Waals surface area contributed by atoms with Crippen LogP contribution in [0.5, 0.6) is 0 Å². The lowest BCUT2D eigenvalue weighted by molar-refractivity contribution is -0.133. The molecule has 5 nitrogen and oxygen atoms in total. The fourth-order valence-electron chi connectivity index (χ4n) is 3.70. The lowest BCUT2D eigenvalue weighted by Gasteiger charge is -2.34. The fourth-order valence-corrected chi connectivity index (χ4v) is 3.70. The van der Waals surface area contributed by atoms with Crippen LogP contribution >= 0.6 is 0 Å². The maximum absolute atomic E-state index is 13.4. The van der Waals surface area contributed by atoms with Gasteiger partial charge in [-0.05, 0) is 29.9 Å². The first-order valence-electron chi connectivity index (χ1n) is 9.71. The SMILES string of the molecule is N#CCC(=O)NCC1CCN(C(=O)C(c2ccccc2)c2ccccc2)CC1. The van der Waals surface area contributed by atoms with Gasteiger partial charge in [0.1, 0.15) is 6.42 Å². The average molecular weight is 375 g/mol. The standard InChI is InChI=1S/C23H25N3O2/c24-14-11-21(27)25-17-18-12-15-26(16-13-18)23(28)22(19-7-3-1-4-8-19)20-9-5-2-6-10-20/h1-10,18,22H,11-13,15-17H2,(H,25,27). The van der Waals surface area contributed by atoms with E-state index in [-0.39, 0.29) is 24.2 Å². The van der Waals surface area contributed by atoms with E-state index in [9.17, 15) is 9.59 Å². The number of carbonyl (C=O) groups excluding carboxylic acids is 2. The van der Waals surface area contributed by atoms with Crippen LogP contribution in [0.25, 0.3) is 0 Å². The molecule has 1 aliphatic rings. The van der Waals surface area contributed by atoms with Gasteiger partial charge >= 0.3 is 0 Å². The molecule has 0 radical (unpaired) electrons.